The fourth-order valence-corrected chi connectivity index (χ4v) is 3.65. The summed E-state index contributed by atoms with van der Waals surface area (Å²) in [5.41, 5.74) is 7.79. The summed E-state index contributed by atoms with van der Waals surface area (Å²) in [6, 6.07) is 9.17. The highest BCUT2D eigenvalue weighted by molar-refractivity contribution is 5.59. The van der Waals surface area contributed by atoms with Gasteiger partial charge >= 0.3 is 0 Å². The Kier molecular flexibility index (Phi) is 5.55. The van der Waals surface area contributed by atoms with E-state index in [4.69, 9.17) is 19.9 Å². The number of aryl methyl sites for hydroxylation is 1. The van der Waals surface area contributed by atoms with Crippen LogP contribution in [0.5, 0.6) is 17.2 Å². The van der Waals surface area contributed by atoms with Crippen LogP contribution in [0, 0.1) is 24.2 Å². The number of methoxy groups -OCH3 is 2. The summed E-state index contributed by atoms with van der Waals surface area (Å²) in [7, 11) is 3.09. The van der Waals surface area contributed by atoms with E-state index in [1.165, 1.54) is 7.11 Å². The number of ether oxygens (including phenoxy) is 3. The summed E-state index contributed by atoms with van der Waals surface area (Å²) < 4.78 is 18.3. The molecule has 2 heterocycles. The number of hydrogen-bond donors (Lipinski definition) is 1. The van der Waals surface area contributed by atoms with Crippen molar-refractivity contribution in [1.82, 2.24) is 4.57 Å². The molecule has 1 aromatic heterocycles. The molecule has 0 saturated carbocycles. The molecule has 1 aliphatic rings. The summed E-state index contributed by atoms with van der Waals surface area (Å²) in [4.78, 5) is 13.5. The third kappa shape index (κ3) is 3.54. The maximum atomic E-state index is 13.5. The summed E-state index contributed by atoms with van der Waals surface area (Å²) in [5, 5.41) is 9.82. The first-order chi connectivity index (χ1) is 13.8. The van der Waals surface area contributed by atoms with Gasteiger partial charge in [-0.15, -0.1) is 0 Å². The van der Waals surface area contributed by atoms with E-state index < -0.39 is 5.92 Å². The molecular formula is C22H25N3O4. The average molecular weight is 395 g/mol. The molecule has 0 bridgehead atoms. The quantitative estimate of drug-likeness (QED) is 0.835. The van der Waals surface area contributed by atoms with Gasteiger partial charge in [-0.25, -0.2) is 0 Å². The lowest BCUT2D eigenvalue weighted by atomic mass is 9.83. The normalized spacial score (nSPS) is 15.6. The van der Waals surface area contributed by atoms with Gasteiger partial charge in [-0.1, -0.05) is 13.8 Å². The largest absolute Gasteiger partial charge is 0.497 e. The fourth-order valence-electron chi connectivity index (χ4n) is 3.65. The van der Waals surface area contributed by atoms with Crippen LogP contribution in [0.25, 0.3) is 0 Å². The van der Waals surface area contributed by atoms with Gasteiger partial charge in [0.15, 0.2) is 0 Å². The highest BCUT2D eigenvalue weighted by atomic mass is 16.5. The summed E-state index contributed by atoms with van der Waals surface area (Å²) >= 11 is 0. The number of benzene rings is 1. The van der Waals surface area contributed by atoms with E-state index in [9.17, 15) is 10.1 Å². The summed E-state index contributed by atoms with van der Waals surface area (Å²) in [5.74, 6) is 1.00. The van der Waals surface area contributed by atoms with Crippen molar-refractivity contribution < 1.29 is 14.2 Å². The molecule has 0 amide bonds. The zero-order valence-corrected chi connectivity index (χ0v) is 17.3. The first-order valence-electron chi connectivity index (χ1n) is 9.36. The number of nitriles is 1. The monoisotopic (exact) mass is 395 g/mol. The highest BCUT2D eigenvalue weighted by Gasteiger charge is 2.36. The minimum atomic E-state index is -0.722. The maximum absolute atomic E-state index is 13.5. The molecule has 3 rings (SSSR count). The molecule has 152 valence electrons. The second-order valence-corrected chi connectivity index (χ2v) is 7.41. The van der Waals surface area contributed by atoms with Crippen molar-refractivity contribution in [3.63, 3.8) is 0 Å². The van der Waals surface area contributed by atoms with E-state index in [0.29, 0.717) is 34.9 Å². The molecule has 0 radical (unpaired) electrons. The molecular weight excluding hydrogens is 370 g/mol. The Morgan fingerprint density at radius 1 is 1.28 bits per heavy atom. The molecule has 0 fully saturated rings. The van der Waals surface area contributed by atoms with Gasteiger partial charge in [0.25, 0.3) is 5.56 Å². The SMILES string of the molecule is COc1ccc(OC)c(C2C(C#N)=C(N)Oc3cc(C)n(CC(C)C)c(=O)c32)c1. The second-order valence-electron chi connectivity index (χ2n) is 7.41. The highest BCUT2D eigenvalue weighted by Crippen LogP contribution is 2.44. The number of fused-ring (bicyclic) bond motifs is 1. The van der Waals surface area contributed by atoms with E-state index >= 15 is 0 Å². The molecule has 0 saturated heterocycles. The van der Waals surface area contributed by atoms with Crippen molar-refractivity contribution >= 4 is 0 Å². The molecule has 0 spiro atoms. The zero-order valence-electron chi connectivity index (χ0n) is 17.3. The van der Waals surface area contributed by atoms with Gasteiger partial charge < -0.3 is 24.5 Å². The van der Waals surface area contributed by atoms with Gasteiger partial charge in [0.05, 0.1) is 25.7 Å². The number of nitrogens with two attached hydrogens (primary N) is 1. The van der Waals surface area contributed by atoms with Crippen LogP contribution in [0.4, 0.5) is 0 Å². The van der Waals surface area contributed by atoms with Crippen molar-refractivity contribution in [3.8, 4) is 23.3 Å². The van der Waals surface area contributed by atoms with Crippen LogP contribution in [0.3, 0.4) is 0 Å². The molecule has 2 N–H and O–H groups in total. The molecule has 7 nitrogen and oxygen atoms in total. The topological polar surface area (TPSA) is 99.5 Å². The van der Waals surface area contributed by atoms with Gasteiger partial charge in [0.2, 0.25) is 5.88 Å². The van der Waals surface area contributed by atoms with E-state index in [1.54, 1.807) is 35.9 Å². The Bertz CT molecular complexity index is 1080. The van der Waals surface area contributed by atoms with Crippen LogP contribution in [-0.4, -0.2) is 18.8 Å². The first-order valence-corrected chi connectivity index (χ1v) is 9.36. The minimum absolute atomic E-state index is 0.0183. The molecule has 0 aliphatic carbocycles. The maximum Gasteiger partial charge on any atom is 0.258 e. The number of hydrogen-bond acceptors (Lipinski definition) is 6. The predicted molar refractivity (Wildman–Crippen MR) is 109 cm³/mol. The van der Waals surface area contributed by atoms with Crippen molar-refractivity contribution in [1.29, 1.82) is 5.26 Å². The Morgan fingerprint density at radius 2 is 2.00 bits per heavy atom. The molecule has 1 aliphatic heterocycles. The fraction of sp³-hybridized carbons (Fsp3) is 0.364. The lowest BCUT2D eigenvalue weighted by Crippen LogP contribution is -2.33. The second kappa shape index (κ2) is 7.92. The number of nitrogens with zero attached hydrogens (tertiary/aromatic N) is 2. The molecule has 29 heavy (non-hydrogen) atoms. The van der Waals surface area contributed by atoms with Gasteiger partial charge in [-0.3, -0.25) is 4.79 Å². The van der Waals surface area contributed by atoms with E-state index in [2.05, 4.69) is 6.07 Å². The minimum Gasteiger partial charge on any atom is -0.497 e. The predicted octanol–water partition coefficient (Wildman–Crippen LogP) is 3.05. The van der Waals surface area contributed by atoms with Crippen LogP contribution in [0.15, 0.2) is 40.5 Å². The van der Waals surface area contributed by atoms with Crippen molar-refractivity contribution in [2.75, 3.05) is 14.2 Å². The first kappa shape index (κ1) is 20.3. The van der Waals surface area contributed by atoms with E-state index in [-0.39, 0.29) is 22.9 Å². The Morgan fingerprint density at radius 3 is 2.59 bits per heavy atom. The van der Waals surface area contributed by atoms with Crippen LogP contribution >= 0.6 is 0 Å². The molecule has 1 aromatic carbocycles. The third-order valence-corrected chi connectivity index (χ3v) is 4.99. The van der Waals surface area contributed by atoms with Crippen LogP contribution < -0.4 is 25.5 Å². The van der Waals surface area contributed by atoms with Crippen molar-refractivity contribution in [3.05, 3.63) is 62.9 Å². The molecule has 7 heteroatoms. The van der Waals surface area contributed by atoms with Crippen LogP contribution in [-0.2, 0) is 6.54 Å². The van der Waals surface area contributed by atoms with Gasteiger partial charge in [-0.05, 0) is 31.0 Å². The van der Waals surface area contributed by atoms with Crippen molar-refractivity contribution in [2.45, 2.75) is 33.2 Å². The van der Waals surface area contributed by atoms with E-state index in [1.807, 2.05) is 20.8 Å². The van der Waals surface area contributed by atoms with E-state index in [0.717, 1.165) is 5.69 Å². The smallest absolute Gasteiger partial charge is 0.258 e. The lowest BCUT2D eigenvalue weighted by molar-refractivity contribution is 0.378. The Labute approximate surface area is 169 Å². The average Bonchev–Trinajstić information content (AvgIpc) is 2.69. The standard InChI is InChI=1S/C22H25N3O4/c1-12(2)11-25-13(3)8-18-20(22(25)26)19(16(10-23)21(24)29-18)15-9-14(27-4)6-7-17(15)28-5/h6-9,12,19H,11,24H2,1-5H3. The molecule has 1 unspecified atom stereocenters. The van der Waals surface area contributed by atoms with Crippen LogP contribution in [0.2, 0.25) is 0 Å². The number of rotatable bonds is 5. The lowest BCUT2D eigenvalue weighted by Gasteiger charge is -2.28. The van der Waals surface area contributed by atoms with Gasteiger partial charge in [0, 0.05) is 23.9 Å². The summed E-state index contributed by atoms with van der Waals surface area (Å²) in [6.07, 6.45) is 0. The molecule has 2 aromatic rings. The van der Waals surface area contributed by atoms with Gasteiger partial charge in [-0.2, -0.15) is 5.26 Å². The van der Waals surface area contributed by atoms with Crippen molar-refractivity contribution in [2.24, 2.45) is 11.7 Å². The molecule has 1 atom stereocenters. The number of allylic oxidation sites excluding steroid dienone is 1. The summed E-state index contributed by atoms with van der Waals surface area (Å²) in [6.45, 7) is 6.50. The zero-order chi connectivity index (χ0) is 21.3. The number of pyridine rings is 1. The number of aromatic nitrogens is 1. The van der Waals surface area contributed by atoms with Gasteiger partial charge in [0.1, 0.15) is 28.9 Å². The van der Waals surface area contributed by atoms with Crippen LogP contribution in [0.1, 0.15) is 36.6 Å². The third-order valence-electron chi connectivity index (χ3n) is 4.99. The Balaban J connectivity index is 2.36. The Hall–Kier alpha value is -3.40.